The number of anilines is 4. The number of fused-ring (bicyclic) bond motifs is 2. The standard InChI is InChI=1S/C44H54F2N12O5/c45-39-32(21-30-37(41(39)51)34(60)9-10-57(30)26-3-4-26)53-11-15-55(16-12-53)35(49)19-24(47)1-7-28(59)8-2-25(48)20-36(50)56-17-13-54(14-18-56)33-22-31-38(42(52)40(33)46)43(61)29(44(62)63)23-58(31)27-5-6-27/h9-10,21-23,26-28,47-50,59H,1-8,11-20,51-52H2,(H,62,63). The van der Waals surface area contributed by atoms with Gasteiger partial charge >= 0.3 is 5.97 Å². The topological polar surface area (TPSA) is 262 Å². The van der Waals surface area contributed by atoms with Gasteiger partial charge < -0.3 is 61.2 Å². The lowest BCUT2D eigenvalue weighted by Gasteiger charge is -2.38. The van der Waals surface area contributed by atoms with Gasteiger partial charge in [0.05, 0.1) is 50.7 Å². The molecule has 2 aliphatic heterocycles. The molecule has 17 nitrogen and oxygen atoms in total. The Morgan fingerprint density at radius 2 is 1.16 bits per heavy atom. The molecule has 4 heterocycles. The number of hydrogen-bond acceptors (Lipinski definition) is 12. The SMILES string of the molecule is N=C(CCC(O)CCC(=N)CC(=N)N1CCN(c2cc3c(c(N)c2F)c(=O)c(C(=O)O)cn3C2CC2)CC1)CC(=N)N1CCN(c2cc3c(c(N)c2F)c(=O)ccn3C2CC2)CC1. The fraction of sp³-hybridized carbons (Fsp3) is 0.477. The molecule has 2 aromatic heterocycles. The minimum Gasteiger partial charge on any atom is -0.477 e. The van der Waals surface area contributed by atoms with E-state index >= 15 is 8.78 Å². The van der Waals surface area contributed by atoms with Crippen LogP contribution in [0.2, 0.25) is 0 Å². The van der Waals surface area contributed by atoms with Gasteiger partial charge in [0.2, 0.25) is 5.43 Å². The number of aromatic carboxylic acids is 1. The molecule has 63 heavy (non-hydrogen) atoms. The van der Waals surface area contributed by atoms with Gasteiger partial charge in [0.1, 0.15) is 17.2 Å². The van der Waals surface area contributed by atoms with Crippen LogP contribution < -0.4 is 32.1 Å². The van der Waals surface area contributed by atoms with Crippen LogP contribution in [0.15, 0.2) is 40.2 Å². The lowest BCUT2D eigenvalue weighted by molar-refractivity contribution is 0.0694. The summed E-state index contributed by atoms with van der Waals surface area (Å²) in [5.74, 6) is -2.29. The van der Waals surface area contributed by atoms with E-state index in [0.29, 0.717) is 87.6 Å². The molecule has 0 amide bonds. The van der Waals surface area contributed by atoms with Gasteiger partial charge in [0, 0.05) is 107 Å². The van der Waals surface area contributed by atoms with E-state index in [2.05, 4.69) is 0 Å². The second kappa shape index (κ2) is 17.4. The minimum absolute atomic E-state index is 0.00252. The third-order valence-corrected chi connectivity index (χ3v) is 12.9. The fourth-order valence-corrected chi connectivity index (χ4v) is 8.92. The first-order chi connectivity index (χ1) is 30.1. The van der Waals surface area contributed by atoms with Crippen LogP contribution in [0.1, 0.15) is 86.6 Å². The molecule has 4 fully saturated rings. The Morgan fingerprint density at radius 1 is 0.714 bits per heavy atom. The van der Waals surface area contributed by atoms with Crippen molar-refractivity contribution in [2.45, 2.75) is 82.4 Å². The molecule has 2 aliphatic carbocycles. The zero-order valence-electron chi connectivity index (χ0n) is 35.1. The molecule has 334 valence electrons. The highest BCUT2D eigenvalue weighted by Gasteiger charge is 2.32. The Hall–Kier alpha value is -6.37. The number of piperazine rings is 2. The molecule has 8 rings (SSSR count). The molecule has 2 saturated heterocycles. The number of nitrogens with zero attached hydrogens (tertiary/aromatic N) is 6. The number of aliphatic hydroxyl groups excluding tert-OH is 1. The van der Waals surface area contributed by atoms with Crippen LogP contribution in [0.5, 0.6) is 0 Å². The number of carboxylic acid groups (broad SMARTS) is 1. The van der Waals surface area contributed by atoms with Gasteiger partial charge in [-0.15, -0.1) is 0 Å². The molecule has 0 bridgehead atoms. The van der Waals surface area contributed by atoms with Crippen molar-refractivity contribution >= 4 is 73.6 Å². The average Bonchev–Trinajstić information content (AvgIpc) is 4.21. The first-order valence-corrected chi connectivity index (χ1v) is 21.6. The number of nitrogens with one attached hydrogen (secondary N) is 4. The Kier molecular flexibility index (Phi) is 12.0. The third kappa shape index (κ3) is 8.83. The van der Waals surface area contributed by atoms with Gasteiger partial charge in [-0.2, -0.15) is 0 Å². The molecule has 4 aliphatic rings. The Labute approximate surface area is 361 Å². The summed E-state index contributed by atoms with van der Waals surface area (Å²) in [5.41, 5.74) is 12.4. The predicted molar refractivity (Wildman–Crippen MR) is 241 cm³/mol. The van der Waals surface area contributed by atoms with Crippen LogP contribution >= 0.6 is 0 Å². The van der Waals surface area contributed by atoms with Crippen LogP contribution in [0, 0.1) is 33.3 Å². The largest absolute Gasteiger partial charge is 0.477 e. The second-order valence-electron chi connectivity index (χ2n) is 17.3. The highest BCUT2D eigenvalue weighted by atomic mass is 19.1. The van der Waals surface area contributed by atoms with Crippen LogP contribution in [0.3, 0.4) is 0 Å². The van der Waals surface area contributed by atoms with E-state index in [1.54, 1.807) is 27.8 Å². The molecule has 4 aromatic rings. The summed E-state index contributed by atoms with van der Waals surface area (Å²) in [6, 6.07) is 4.99. The zero-order chi connectivity index (χ0) is 44.9. The summed E-state index contributed by atoms with van der Waals surface area (Å²) in [4.78, 5) is 44.8. The number of aliphatic hydroxyl groups is 1. The number of rotatable bonds is 15. The maximum atomic E-state index is 15.7. The Bertz CT molecular complexity index is 2660. The van der Waals surface area contributed by atoms with Crippen molar-refractivity contribution in [2.75, 3.05) is 73.6 Å². The number of pyridine rings is 2. The van der Waals surface area contributed by atoms with Gasteiger partial charge in [-0.1, -0.05) is 0 Å². The summed E-state index contributed by atoms with van der Waals surface area (Å²) in [5, 5.41) is 54.7. The number of halogens is 2. The van der Waals surface area contributed by atoms with E-state index in [1.165, 1.54) is 12.3 Å². The van der Waals surface area contributed by atoms with Crippen molar-refractivity contribution in [2.24, 2.45) is 0 Å². The molecule has 1 atom stereocenters. The van der Waals surface area contributed by atoms with E-state index in [1.807, 2.05) is 19.3 Å². The molecular weight excluding hydrogens is 815 g/mol. The molecule has 10 N–H and O–H groups in total. The molecule has 1 unspecified atom stereocenters. The van der Waals surface area contributed by atoms with E-state index in [-0.39, 0.29) is 88.4 Å². The average molecular weight is 869 g/mol. The number of carbonyl (C=O) groups is 1. The molecule has 2 saturated carbocycles. The van der Waals surface area contributed by atoms with E-state index in [4.69, 9.17) is 33.1 Å². The monoisotopic (exact) mass is 868 g/mol. The van der Waals surface area contributed by atoms with Crippen LogP contribution in [0.25, 0.3) is 21.8 Å². The summed E-state index contributed by atoms with van der Waals surface area (Å²) >= 11 is 0. The van der Waals surface area contributed by atoms with Crippen LogP contribution in [-0.2, 0) is 0 Å². The number of amidine groups is 2. The van der Waals surface area contributed by atoms with Crippen molar-refractivity contribution in [1.29, 1.82) is 21.6 Å². The lowest BCUT2D eigenvalue weighted by Crippen LogP contribution is -2.49. The quantitative estimate of drug-likeness (QED) is 0.0459. The molecule has 2 aromatic carbocycles. The zero-order valence-corrected chi connectivity index (χ0v) is 35.1. The number of nitrogen functional groups attached to an aromatic ring is 2. The second-order valence-corrected chi connectivity index (χ2v) is 17.3. The number of nitrogens with two attached hydrogens (primary N) is 2. The highest BCUT2D eigenvalue weighted by molar-refractivity contribution is 6.02. The Balaban J connectivity index is 0.761. The first kappa shape index (κ1) is 43.3. The summed E-state index contributed by atoms with van der Waals surface area (Å²) in [7, 11) is 0. The number of hydrogen-bond donors (Lipinski definition) is 8. The molecule has 19 heteroatoms. The van der Waals surface area contributed by atoms with Crippen molar-refractivity contribution in [3.05, 3.63) is 68.2 Å². The predicted octanol–water partition coefficient (Wildman–Crippen LogP) is 4.77. The van der Waals surface area contributed by atoms with Gasteiger partial charge in [-0.05, 0) is 63.5 Å². The maximum Gasteiger partial charge on any atom is 0.341 e. The van der Waals surface area contributed by atoms with Crippen molar-refractivity contribution < 1.29 is 23.8 Å². The van der Waals surface area contributed by atoms with Crippen molar-refractivity contribution in [1.82, 2.24) is 18.9 Å². The number of carboxylic acids is 1. The third-order valence-electron chi connectivity index (χ3n) is 12.9. The van der Waals surface area contributed by atoms with E-state index in [9.17, 15) is 24.6 Å². The number of aromatic nitrogens is 2. The van der Waals surface area contributed by atoms with Gasteiger partial charge in [-0.3, -0.25) is 20.4 Å². The molecular formula is C44H54F2N12O5. The molecule has 0 radical (unpaired) electrons. The minimum atomic E-state index is -1.40. The normalized spacial score (nSPS) is 17.4. The molecule has 0 spiro atoms. The van der Waals surface area contributed by atoms with E-state index in [0.717, 1.165) is 25.7 Å². The van der Waals surface area contributed by atoms with Crippen molar-refractivity contribution in [3.63, 3.8) is 0 Å². The van der Waals surface area contributed by atoms with Gasteiger partial charge in [-0.25, -0.2) is 13.6 Å². The lowest BCUT2D eigenvalue weighted by atomic mass is 10.0. The van der Waals surface area contributed by atoms with Crippen LogP contribution in [-0.4, -0.2) is 117 Å². The van der Waals surface area contributed by atoms with E-state index < -0.39 is 34.7 Å². The summed E-state index contributed by atoms with van der Waals surface area (Å²) in [6.45, 7) is 3.23. The summed E-state index contributed by atoms with van der Waals surface area (Å²) < 4.78 is 35.0. The first-order valence-electron chi connectivity index (χ1n) is 21.6. The highest BCUT2D eigenvalue weighted by Crippen LogP contribution is 2.41. The van der Waals surface area contributed by atoms with Crippen LogP contribution in [0.4, 0.5) is 31.5 Å². The van der Waals surface area contributed by atoms with Gasteiger partial charge in [0.15, 0.2) is 17.1 Å². The Morgan fingerprint density at radius 3 is 1.62 bits per heavy atom. The van der Waals surface area contributed by atoms with Crippen molar-refractivity contribution in [3.8, 4) is 0 Å². The maximum absolute atomic E-state index is 15.7. The fourth-order valence-electron chi connectivity index (χ4n) is 8.92. The summed E-state index contributed by atoms with van der Waals surface area (Å²) in [6.07, 6.45) is 7.25. The smallest absolute Gasteiger partial charge is 0.341 e. The van der Waals surface area contributed by atoms with Gasteiger partial charge in [0.25, 0.3) is 0 Å². The number of benzene rings is 2.